The second-order valence-corrected chi connectivity index (χ2v) is 5.85. The van der Waals surface area contributed by atoms with E-state index in [1.807, 2.05) is 30.3 Å². The predicted octanol–water partition coefficient (Wildman–Crippen LogP) is 4.04. The number of hydrogen-bond donors (Lipinski definition) is 0. The third-order valence-corrected chi connectivity index (χ3v) is 3.88. The largest absolute Gasteiger partial charge is 0.490 e. The van der Waals surface area contributed by atoms with Gasteiger partial charge in [-0.1, -0.05) is 28.1 Å². The molecule has 0 aliphatic carbocycles. The van der Waals surface area contributed by atoms with Gasteiger partial charge >= 0.3 is 0 Å². The topological polar surface area (TPSA) is 35.5 Å². The number of carbonyl (C=O) groups excluding carboxylic acids is 1. The van der Waals surface area contributed by atoms with Crippen molar-refractivity contribution in [2.75, 3.05) is 13.2 Å². The van der Waals surface area contributed by atoms with Gasteiger partial charge in [0.1, 0.15) is 0 Å². The average molecular weight is 347 g/mol. The van der Waals surface area contributed by atoms with Crippen LogP contribution in [0.4, 0.5) is 0 Å². The van der Waals surface area contributed by atoms with Crippen LogP contribution in [0.2, 0.25) is 0 Å². The molecule has 0 bridgehead atoms. The molecule has 0 atom stereocenters. The molecule has 2 aromatic rings. The zero-order valence-corrected chi connectivity index (χ0v) is 13.1. The highest BCUT2D eigenvalue weighted by Crippen LogP contribution is 2.30. The van der Waals surface area contributed by atoms with Gasteiger partial charge in [-0.15, -0.1) is 0 Å². The third-order valence-electron chi connectivity index (χ3n) is 3.35. The molecule has 108 valence electrons. The van der Waals surface area contributed by atoms with E-state index in [1.54, 1.807) is 12.1 Å². The normalized spacial score (nSPS) is 13.6. The Balaban J connectivity index is 1.78. The predicted molar refractivity (Wildman–Crippen MR) is 84.2 cm³/mol. The van der Waals surface area contributed by atoms with Gasteiger partial charge in [-0.2, -0.15) is 0 Å². The van der Waals surface area contributed by atoms with Crippen LogP contribution >= 0.6 is 15.9 Å². The Bertz CT molecular complexity index is 650. The summed E-state index contributed by atoms with van der Waals surface area (Å²) in [5.74, 6) is 1.45. The van der Waals surface area contributed by atoms with Crippen molar-refractivity contribution in [1.82, 2.24) is 0 Å². The Kier molecular flexibility index (Phi) is 4.25. The minimum Gasteiger partial charge on any atom is -0.490 e. The number of rotatable bonds is 3. The fraction of sp³-hybridized carbons (Fsp3) is 0.235. The van der Waals surface area contributed by atoms with Crippen molar-refractivity contribution in [3.63, 3.8) is 0 Å². The Morgan fingerprint density at radius 2 is 1.71 bits per heavy atom. The van der Waals surface area contributed by atoms with Crippen LogP contribution in [0.15, 0.2) is 46.9 Å². The average Bonchev–Trinajstić information content (AvgIpc) is 2.74. The van der Waals surface area contributed by atoms with Crippen molar-refractivity contribution < 1.29 is 14.3 Å². The number of carbonyl (C=O) groups is 1. The molecule has 3 rings (SSSR count). The molecule has 1 heterocycles. The van der Waals surface area contributed by atoms with Crippen LogP contribution in [0.3, 0.4) is 0 Å². The lowest BCUT2D eigenvalue weighted by Crippen LogP contribution is -2.04. The fourth-order valence-electron chi connectivity index (χ4n) is 2.23. The van der Waals surface area contributed by atoms with Crippen molar-refractivity contribution >= 4 is 21.7 Å². The molecule has 0 N–H and O–H groups in total. The first kappa shape index (κ1) is 14.1. The van der Waals surface area contributed by atoms with Gasteiger partial charge in [-0.25, -0.2) is 0 Å². The Morgan fingerprint density at radius 3 is 2.48 bits per heavy atom. The number of hydrogen-bond acceptors (Lipinski definition) is 3. The van der Waals surface area contributed by atoms with Gasteiger partial charge in [-0.3, -0.25) is 4.79 Å². The maximum Gasteiger partial charge on any atom is 0.167 e. The summed E-state index contributed by atoms with van der Waals surface area (Å²) in [6.45, 7) is 1.27. The number of Topliss-reactive ketones (excluding diaryl/α,β-unsaturated/α-hetero) is 1. The lowest BCUT2D eigenvalue weighted by Gasteiger charge is -2.09. The maximum atomic E-state index is 12.4. The monoisotopic (exact) mass is 346 g/mol. The van der Waals surface area contributed by atoms with Crippen molar-refractivity contribution in [1.29, 1.82) is 0 Å². The van der Waals surface area contributed by atoms with Gasteiger partial charge in [0.2, 0.25) is 0 Å². The molecule has 0 radical (unpaired) electrons. The summed E-state index contributed by atoms with van der Waals surface area (Å²) in [6.07, 6.45) is 1.24. The van der Waals surface area contributed by atoms with E-state index >= 15 is 0 Å². The van der Waals surface area contributed by atoms with Crippen LogP contribution in [0.25, 0.3) is 0 Å². The molecule has 1 aliphatic rings. The van der Waals surface area contributed by atoms with Gasteiger partial charge in [0.05, 0.1) is 13.2 Å². The molecule has 0 spiro atoms. The maximum absolute atomic E-state index is 12.4. The van der Waals surface area contributed by atoms with E-state index in [9.17, 15) is 4.79 Å². The molecular formula is C17H15BrO3. The van der Waals surface area contributed by atoms with Crippen LogP contribution in [-0.4, -0.2) is 19.0 Å². The summed E-state index contributed by atoms with van der Waals surface area (Å²) >= 11 is 3.39. The summed E-state index contributed by atoms with van der Waals surface area (Å²) in [5, 5.41) is 0. The summed E-state index contributed by atoms with van der Waals surface area (Å²) in [4.78, 5) is 12.4. The molecule has 2 aromatic carbocycles. The standard InChI is InChI=1S/C17H15BrO3/c18-14-5-2-12(3-6-14)10-15(19)13-4-7-16-17(11-13)21-9-1-8-20-16/h2-7,11H,1,8-10H2. The lowest BCUT2D eigenvalue weighted by atomic mass is 10.0. The van der Waals surface area contributed by atoms with E-state index in [4.69, 9.17) is 9.47 Å². The Morgan fingerprint density at radius 1 is 1.00 bits per heavy atom. The molecule has 0 aromatic heterocycles. The summed E-state index contributed by atoms with van der Waals surface area (Å²) in [5.41, 5.74) is 1.65. The second-order valence-electron chi connectivity index (χ2n) is 4.94. The third kappa shape index (κ3) is 3.45. The number of benzene rings is 2. The summed E-state index contributed by atoms with van der Waals surface area (Å²) in [6, 6.07) is 13.2. The van der Waals surface area contributed by atoms with Crippen molar-refractivity contribution in [3.8, 4) is 11.5 Å². The van der Waals surface area contributed by atoms with Gasteiger partial charge in [-0.05, 0) is 35.9 Å². The Hall–Kier alpha value is -1.81. The molecule has 0 unspecified atom stereocenters. The molecule has 3 nitrogen and oxygen atoms in total. The molecule has 0 saturated heterocycles. The molecule has 1 aliphatic heterocycles. The number of ether oxygens (including phenoxy) is 2. The van der Waals surface area contributed by atoms with E-state index in [1.165, 1.54) is 0 Å². The zero-order valence-electron chi connectivity index (χ0n) is 11.5. The summed E-state index contributed by atoms with van der Waals surface area (Å²) < 4.78 is 12.2. The number of ketones is 1. The second kappa shape index (κ2) is 6.31. The summed E-state index contributed by atoms with van der Waals surface area (Å²) in [7, 11) is 0. The highest BCUT2D eigenvalue weighted by molar-refractivity contribution is 9.10. The fourth-order valence-corrected chi connectivity index (χ4v) is 2.49. The number of fused-ring (bicyclic) bond motifs is 1. The minimum atomic E-state index is 0.0768. The van der Waals surface area contributed by atoms with E-state index in [-0.39, 0.29) is 5.78 Å². The smallest absolute Gasteiger partial charge is 0.167 e. The Labute approximate surface area is 132 Å². The highest BCUT2D eigenvalue weighted by atomic mass is 79.9. The first-order valence-electron chi connectivity index (χ1n) is 6.90. The van der Waals surface area contributed by atoms with Gasteiger partial charge in [0.25, 0.3) is 0 Å². The lowest BCUT2D eigenvalue weighted by molar-refractivity contribution is 0.0992. The molecule has 0 fully saturated rings. The first-order valence-corrected chi connectivity index (χ1v) is 7.69. The quantitative estimate of drug-likeness (QED) is 0.787. The molecule has 0 saturated carbocycles. The van der Waals surface area contributed by atoms with Crippen LogP contribution < -0.4 is 9.47 Å². The molecule has 4 heteroatoms. The molecule has 21 heavy (non-hydrogen) atoms. The van der Waals surface area contributed by atoms with E-state index in [0.717, 1.165) is 16.5 Å². The van der Waals surface area contributed by atoms with E-state index in [2.05, 4.69) is 15.9 Å². The van der Waals surface area contributed by atoms with Crippen LogP contribution in [-0.2, 0) is 6.42 Å². The van der Waals surface area contributed by atoms with Gasteiger partial charge < -0.3 is 9.47 Å². The minimum absolute atomic E-state index is 0.0768. The highest BCUT2D eigenvalue weighted by Gasteiger charge is 2.14. The van der Waals surface area contributed by atoms with Crippen molar-refractivity contribution in [2.24, 2.45) is 0 Å². The first-order chi connectivity index (χ1) is 10.2. The van der Waals surface area contributed by atoms with Crippen LogP contribution in [0.5, 0.6) is 11.5 Å². The van der Waals surface area contributed by atoms with Crippen LogP contribution in [0, 0.1) is 0 Å². The van der Waals surface area contributed by atoms with Crippen LogP contribution in [0.1, 0.15) is 22.3 Å². The molecular weight excluding hydrogens is 332 g/mol. The van der Waals surface area contributed by atoms with Gasteiger partial charge in [0.15, 0.2) is 17.3 Å². The van der Waals surface area contributed by atoms with E-state index in [0.29, 0.717) is 36.7 Å². The SMILES string of the molecule is O=C(Cc1ccc(Br)cc1)c1ccc2c(c1)OCCCO2. The molecule has 0 amide bonds. The van der Waals surface area contributed by atoms with E-state index < -0.39 is 0 Å². The van der Waals surface area contributed by atoms with Gasteiger partial charge in [0, 0.05) is 22.9 Å². The van der Waals surface area contributed by atoms with Crippen molar-refractivity contribution in [2.45, 2.75) is 12.8 Å². The van der Waals surface area contributed by atoms with Crippen molar-refractivity contribution in [3.05, 3.63) is 58.1 Å². The number of halogens is 1. The zero-order chi connectivity index (χ0) is 14.7.